The standard InChI is InChI=1S/C10H8N2O2S/c11-6-10(3-1-2-4-10)9-12-7(5-15-9)8(13)14/h1-2,5H,3-4H2,(H,13,14). The Morgan fingerprint density at radius 1 is 1.60 bits per heavy atom. The highest BCUT2D eigenvalue weighted by Gasteiger charge is 2.36. The van der Waals surface area contributed by atoms with E-state index in [-0.39, 0.29) is 5.69 Å². The molecule has 2 rings (SSSR count). The van der Waals surface area contributed by atoms with E-state index in [4.69, 9.17) is 10.4 Å². The van der Waals surface area contributed by atoms with Crippen molar-refractivity contribution in [2.45, 2.75) is 18.3 Å². The molecule has 0 fully saturated rings. The van der Waals surface area contributed by atoms with Crippen molar-refractivity contribution in [3.05, 3.63) is 28.2 Å². The SMILES string of the molecule is N#CC1(c2nc(C(=O)O)cs2)CC=CC1. The zero-order chi connectivity index (χ0) is 10.9. The first-order valence-electron chi connectivity index (χ1n) is 4.43. The number of rotatable bonds is 2. The van der Waals surface area contributed by atoms with Crippen LogP contribution in [-0.2, 0) is 5.41 Å². The number of aromatic nitrogens is 1. The van der Waals surface area contributed by atoms with Gasteiger partial charge in [-0.3, -0.25) is 0 Å². The number of carbonyl (C=O) groups is 1. The second-order valence-corrected chi connectivity index (χ2v) is 4.27. The predicted octanol–water partition coefficient (Wildman–Crippen LogP) is 1.95. The fraction of sp³-hybridized carbons (Fsp3) is 0.300. The van der Waals surface area contributed by atoms with Crippen molar-refractivity contribution in [3.63, 3.8) is 0 Å². The zero-order valence-corrected chi connectivity index (χ0v) is 8.62. The molecule has 1 aromatic heterocycles. The topological polar surface area (TPSA) is 74.0 Å². The Bertz CT molecular complexity index is 462. The molecule has 0 saturated carbocycles. The van der Waals surface area contributed by atoms with E-state index in [0.29, 0.717) is 17.8 Å². The minimum atomic E-state index is -1.04. The summed E-state index contributed by atoms with van der Waals surface area (Å²) in [4.78, 5) is 14.7. The maximum Gasteiger partial charge on any atom is 0.355 e. The third-order valence-corrected chi connectivity index (χ3v) is 3.49. The number of carboxylic acids is 1. The molecule has 0 amide bonds. The quantitative estimate of drug-likeness (QED) is 0.773. The van der Waals surface area contributed by atoms with Crippen molar-refractivity contribution >= 4 is 17.3 Å². The van der Waals surface area contributed by atoms with Crippen molar-refractivity contribution in [1.29, 1.82) is 5.26 Å². The predicted molar refractivity (Wildman–Crippen MR) is 54.7 cm³/mol. The molecule has 1 heterocycles. The van der Waals surface area contributed by atoms with Gasteiger partial charge in [0.15, 0.2) is 5.69 Å². The largest absolute Gasteiger partial charge is 0.476 e. The molecule has 0 aromatic carbocycles. The Morgan fingerprint density at radius 2 is 2.27 bits per heavy atom. The van der Waals surface area contributed by atoms with E-state index < -0.39 is 11.4 Å². The van der Waals surface area contributed by atoms with E-state index in [1.165, 1.54) is 16.7 Å². The lowest BCUT2D eigenvalue weighted by Crippen LogP contribution is -2.19. The summed E-state index contributed by atoms with van der Waals surface area (Å²) in [5, 5.41) is 20.0. The number of aromatic carboxylic acids is 1. The smallest absolute Gasteiger partial charge is 0.355 e. The van der Waals surface area contributed by atoms with E-state index in [9.17, 15) is 4.79 Å². The molecule has 0 unspecified atom stereocenters. The van der Waals surface area contributed by atoms with Crippen molar-refractivity contribution in [2.24, 2.45) is 0 Å². The zero-order valence-electron chi connectivity index (χ0n) is 7.80. The summed E-state index contributed by atoms with van der Waals surface area (Å²) < 4.78 is 0. The Balaban J connectivity index is 2.37. The number of thiazole rings is 1. The number of hydrogen-bond acceptors (Lipinski definition) is 4. The minimum Gasteiger partial charge on any atom is -0.476 e. The molecule has 0 saturated heterocycles. The van der Waals surface area contributed by atoms with Crippen LogP contribution in [0.25, 0.3) is 0 Å². The van der Waals surface area contributed by atoms with Crippen LogP contribution in [0.1, 0.15) is 28.3 Å². The number of allylic oxidation sites excluding steroid dienone is 2. The number of nitriles is 1. The van der Waals surface area contributed by atoms with Gasteiger partial charge in [0.2, 0.25) is 0 Å². The van der Waals surface area contributed by atoms with Crippen LogP contribution in [0.2, 0.25) is 0 Å². The molecule has 5 heteroatoms. The molecule has 0 bridgehead atoms. The monoisotopic (exact) mass is 220 g/mol. The first-order valence-corrected chi connectivity index (χ1v) is 5.31. The van der Waals surface area contributed by atoms with Gasteiger partial charge in [-0.1, -0.05) is 12.2 Å². The highest BCUT2D eigenvalue weighted by atomic mass is 32.1. The highest BCUT2D eigenvalue weighted by Crippen LogP contribution is 2.37. The van der Waals surface area contributed by atoms with E-state index in [1.807, 2.05) is 12.2 Å². The van der Waals surface area contributed by atoms with E-state index >= 15 is 0 Å². The van der Waals surface area contributed by atoms with Crippen LogP contribution < -0.4 is 0 Å². The average molecular weight is 220 g/mol. The Kier molecular flexibility index (Phi) is 2.29. The first kappa shape index (κ1) is 9.87. The molecular formula is C10H8N2O2S. The molecular weight excluding hydrogens is 212 g/mol. The minimum absolute atomic E-state index is 0.0246. The van der Waals surface area contributed by atoms with Crippen LogP contribution in [0.4, 0.5) is 0 Å². The van der Waals surface area contributed by atoms with Crippen molar-refractivity contribution < 1.29 is 9.90 Å². The van der Waals surface area contributed by atoms with Gasteiger partial charge in [-0.15, -0.1) is 11.3 Å². The number of hydrogen-bond donors (Lipinski definition) is 1. The molecule has 15 heavy (non-hydrogen) atoms. The van der Waals surface area contributed by atoms with Gasteiger partial charge in [0.05, 0.1) is 6.07 Å². The number of nitrogens with zero attached hydrogens (tertiary/aromatic N) is 2. The van der Waals surface area contributed by atoms with Gasteiger partial charge in [0, 0.05) is 5.38 Å². The summed E-state index contributed by atoms with van der Waals surface area (Å²) in [6.07, 6.45) is 5.11. The number of carboxylic acid groups (broad SMARTS) is 1. The lowest BCUT2D eigenvalue weighted by atomic mass is 9.88. The van der Waals surface area contributed by atoms with Gasteiger partial charge in [-0.2, -0.15) is 5.26 Å². The van der Waals surface area contributed by atoms with Gasteiger partial charge in [0.1, 0.15) is 10.4 Å². The molecule has 0 atom stereocenters. The van der Waals surface area contributed by atoms with Crippen LogP contribution in [0.5, 0.6) is 0 Å². The normalized spacial score (nSPS) is 17.5. The summed E-state index contributed by atoms with van der Waals surface area (Å²) in [5.41, 5.74) is -0.602. The van der Waals surface area contributed by atoms with Gasteiger partial charge >= 0.3 is 5.97 Å². The van der Waals surface area contributed by atoms with E-state index in [1.54, 1.807) is 0 Å². The van der Waals surface area contributed by atoms with Crippen molar-refractivity contribution in [3.8, 4) is 6.07 Å². The second kappa shape index (κ2) is 3.48. The maximum atomic E-state index is 10.7. The van der Waals surface area contributed by atoms with Crippen LogP contribution >= 0.6 is 11.3 Å². The summed E-state index contributed by atoms with van der Waals surface area (Å²) in [7, 11) is 0. The molecule has 0 radical (unpaired) electrons. The van der Waals surface area contributed by atoms with Crippen LogP contribution in [0, 0.1) is 11.3 Å². The van der Waals surface area contributed by atoms with Gasteiger partial charge in [0.25, 0.3) is 0 Å². The molecule has 1 aromatic rings. The summed E-state index contributed by atoms with van der Waals surface area (Å²) >= 11 is 1.24. The second-order valence-electron chi connectivity index (χ2n) is 3.42. The Morgan fingerprint density at radius 3 is 2.73 bits per heavy atom. The van der Waals surface area contributed by atoms with Crippen LogP contribution in [-0.4, -0.2) is 16.1 Å². The summed E-state index contributed by atoms with van der Waals surface area (Å²) in [6, 6.07) is 2.24. The molecule has 0 aliphatic heterocycles. The maximum absolute atomic E-state index is 10.7. The molecule has 1 aliphatic rings. The first-order chi connectivity index (χ1) is 7.18. The van der Waals surface area contributed by atoms with Gasteiger partial charge in [-0.25, -0.2) is 9.78 Å². The van der Waals surface area contributed by atoms with Crippen LogP contribution in [0.3, 0.4) is 0 Å². The summed E-state index contributed by atoms with van der Waals surface area (Å²) in [5.74, 6) is -1.04. The molecule has 0 spiro atoms. The lowest BCUT2D eigenvalue weighted by Gasteiger charge is -2.15. The third kappa shape index (κ3) is 1.53. The lowest BCUT2D eigenvalue weighted by molar-refractivity contribution is 0.0691. The van der Waals surface area contributed by atoms with E-state index in [2.05, 4.69) is 11.1 Å². The van der Waals surface area contributed by atoms with Gasteiger partial charge in [-0.05, 0) is 12.8 Å². The van der Waals surface area contributed by atoms with Gasteiger partial charge < -0.3 is 5.11 Å². The average Bonchev–Trinajstić information content (AvgIpc) is 2.87. The highest BCUT2D eigenvalue weighted by molar-refractivity contribution is 7.10. The fourth-order valence-corrected chi connectivity index (χ4v) is 2.52. The molecule has 4 nitrogen and oxygen atoms in total. The Hall–Kier alpha value is -1.67. The Labute approximate surface area is 90.5 Å². The molecule has 76 valence electrons. The van der Waals surface area contributed by atoms with Crippen molar-refractivity contribution in [1.82, 2.24) is 4.98 Å². The molecule has 1 aliphatic carbocycles. The third-order valence-electron chi connectivity index (χ3n) is 2.45. The molecule has 1 N–H and O–H groups in total. The van der Waals surface area contributed by atoms with E-state index in [0.717, 1.165) is 0 Å². The fourth-order valence-electron chi connectivity index (χ4n) is 1.56. The van der Waals surface area contributed by atoms with Crippen molar-refractivity contribution in [2.75, 3.05) is 0 Å². The van der Waals surface area contributed by atoms with Crippen LogP contribution in [0.15, 0.2) is 17.5 Å². The summed E-state index contributed by atoms with van der Waals surface area (Å²) in [6.45, 7) is 0.